The van der Waals surface area contributed by atoms with Crippen LogP contribution in [-0.4, -0.2) is 12.1 Å². The largest absolute Gasteiger partial charge is 0.490 e. The molecule has 1 saturated carbocycles. The minimum atomic E-state index is -0.218. The van der Waals surface area contributed by atoms with Gasteiger partial charge in [-0.25, -0.2) is 4.39 Å². The molecule has 1 fully saturated rings. The van der Waals surface area contributed by atoms with Crippen LogP contribution in [-0.2, 0) is 6.54 Å². The van der Waals surface area contributed by atoms with Crippen molar-refractivity contribution in [2.45, 2.75) is 65.6 Å². The number of hydrogen-bond donors (Lipinski definition) is 1. The van der Waals surface area contributed by atoms with Gasteiger partial charge in [-0.2, -0.15) is 0 Å². The summed E-state index contributed by atoms with van der Waals surface area (Å²) in [6.07, 6.45) is 3.63. The van der Waals surface area contributed by atoms with Crippen molar-refractivity contribution < 1.29 is 9.13 Å². The molecule has 0 aliphatic heterocycles. The molecule has 21 heavy (non-hydrogen) atoms. The molecule has 2 nitrogen and oxygen atoms in total. The van der Waals surface area contributed by atoms with E-state index in [1.807, 2.05) is 6.07 Å². The molecule has 2 rings (SSSR count). The van der Waals surface area contributed by atoms with E-state index in [9.17, 15) is 4.39 Å². The Bertz CT molecular complexity index is 451. The van der Waals surface area contributed by atoms with E-state index >= 15 is 0 Å². The van der Waals surface area contributed by atoms with Crippen LogP contribution < -0.4 is 10.1 Å². The van der Waals surface area contributed by atoms with E-state index in [2.05, 4.69) is 33.0 Å². The molecule has 0 aromatic heterocycles. The van der Waals surface area contributed by atoms with Crippen molar-refractivity contribution in [2.75, 3.05) is 0 Å². The molecule has 1 aliphatic carbocycles. The molecule has 0 bridgehead atoms. The molecule has 2 atom stereocenters. The van der Waals surface area contributed by atoms with Gasteiger partial charge in [-0.1, -0.05) is 27.7 Å². The fraction of sp³-hybridized carbons (Fsp3) is 0.667. The normalized spacial score (nSPS) is 26.1. The number of halogens is 1. The molecular weight excluding hydrogens is 265 g/mol. The van der Waals surface area contributed by atoms with Crippen molar-refractivity contribution in [3.63, 3.8) is 0 Å². The fourth-order valence-corrected chi connectivity index (χ4v) is 3.27. The lowest BCUT2D eigenvalue weighted by molar-refractivity contribution is 0.101. The second-order valence-electron chi connectivity index (χ2n) is 6.99. The van der Waals surface area contributed by atoms with Crippen molar-refractivity contribution in [3.8, 4) is 5.75 Å². The standard InChI is InChI=1S/C18H28FNO/c1-12(2)20-11-15-8-16(19)10-18(9-15)21-17-6-13(3)5-14(4)7-17/h8-10,12-14,17,20H,5-7,11H2,1-4H3. The van der Waals surface area contributed by atoms with E-state index in [-0.39, 0.29) is 11.9 Å². The Morgan fingerprint density at radius 1 is 1.14 bits per heavy atom. The Kier molecular flexibility index (Phi) is 5.63. The molecule has 1 aliphatic rings. The van der Waals surface area contributed by atoms with Crippen LogP contribution in [0.2, 0.25) is 0 Å². The fourth-order valence-electron chi connectivity index (χ4n) is 3.27. The van der Waals surface area contributed by atoms with Crippen molar-refractivity contribution in [2.24, 2.45) is 11.8 Å². The minimum Gasteiger partial charge on any atom is -0.490 e. The molecule has 3 heteroatoms. The second-order valence-corrected chi connectivity index (χ2v) is 6.99. The Morgan fingerprint density at radius 3 is 2.43 bits per heavy atom. The number of nitrogens with one attached hydrogen (secondary N) is 1. The lowest BCUT2D eigenvalue weighted by Crippen LogP contribution is -2.28. The zero-order chi connectivity index (χ0) is 15.4. The molecule has 0 amide bonds. The van der Waals surface area contributed by atoms with Crippen LogP contribution in [0.5, 0.6) is 5.75 Å². The van der Waals surface area contributed by atoms with E-state index in [1.54, 1.807) is 6.07 Å². The summed E-state index contributed by atoms with van der Waals surface area (Å²) >= 11 is 0. The van der Waals surface area contributed by atoms with Gasteiger partial charge in [0, 0.05) is 18.7 Å². The van der Waals surface area contributed by atoms with Crippen molar-refractivity contribution >= 4 is 0 Å². The lowest BCUT2D eigenvalue weighted by Gasteiger charge is -2.31. The highest BCUT2D eigenvalue weighted by Gasteiger charge is 2.25. The molecule has 118 valence electrons. The first-order valence-corrected chi connectivity index (χ1v) is 8.12. The minimum absolute atomic E-state index is 0.218. The highest BCUT2D eigenvalue weighted by atomic mass is 19.1. The first kappa shape index (κ1) is 16.3. The molecule has 2 unspecified atom stereocenters. The molecule has 0 heterocycles. The van der Waals surface area contributed by atoms with Gasteiger partial charge in [0.25, 0.3) is 0 Å². The summed E-state index contributed by atoms with van der Waals surface area (Å²) in [5, 5.41) is 3.31. The Morgan fingerprint density at radius 2 is 1.81 bits per heavy atom. The number of hydrogen-bond acceptors (Lipinski definition) is 2. The van der Waals surface area contributed by atoms with Crippen LogP contribution >= 0.6 is 0 Å². The monoisotopic (exact) mass is 293 g/mol. The number of benzene rings is 1. The highest BCUT2D eigenvalue weighted by molar-refractivity contribution is 5.30. The predicted octanol–water partition coefficient (Wildman–Crippen LogP) is 4.53. The van der Waals surface area contributed by atoms with Gasteiger partial charge in [0.2, 0.25) is 0 Å². The van der Waals surface area contributed by atoms with Gasteiger partial charge < -0.3 is 10.1 Å². The van der Waals surface area contributed by atoms with E-state index in [4.69, 9.17) is 4.74 Å². The summed E-state index contributed by atoms with van der Waals surface area (Å²) in [5.74, 6) is 1.83. The zero-order valence-electron chi connectivity index (χ0n) is 13.7. The Labute approximate surface area is 128 Å². The van der Waals surface area contributed by atoms with Gasteiger partial charge in [-0.3, -0.25) is 0 Å². The summed E-state index contributed by atoms with van der Waals surface area (Å²) in [6.45, 7) is 9.39. The smallest absolute Gasteiger partial charge is 0.127 e. The van der Waals surface area contributed by atoms with Crippen LogP contribution in [0.3, 0.4) is 0 Å². The topological polar surface area (TPSA) is 21.3 Å². The lowest BCUT2D eigenvalue weighted by atomic mass is 9.82. The summed E-state index contributed by atoms with van der Waals surface area (Å²) in [7, 11) is 0. The maximum atomic E-state index is 13.8. The van der Waals surface area contributed by atoms with Crippen LogP contribution in [0.25, 0.3) is 0 Å². The van der Waals surface area contributed by atoms with E-state index < -0.39 is 0 Å². The van der Waals surface area contributed by atoms with E-state index in [0.717, 1.165) is 18.4 Å². The van der Waals surface area contributed by atoms with Crippen molar-refractivity contribution in [1.29, 1.82) is 0 Å². The van der Waals surface area contributed by atoms with Crippen LogP contribution in [0.15, 0.2) is 18.2 Å². The third-order valence-corrected chi connectivity index (χ3v) is 4.08. The van der Waals surface area contributed by atoms with Crippen LogP contribution in [0.1, 0.15) is 52.5 Å². The van der Waals surface area contributed by atoms with Gasteiger partial charge in [0.15, 0.2) is 0 Å². The highest BCUT2D eigenvalue weighted by Crippen LogP contribution is 2.31. The van der Waals surface area contributed by atoms with Crippen molar-refractivity contribution in [3.05, 3.63) is 29.6 Å². The third-order valence-electron chi connectivity index (χ3n) is 4.08. The first-order valence-electron chi connectivity index (χ1n) is 8.12. The summed E-state index contributed by atoms with van der Waals surface area (Å²) in [5.41, 5.74) is 0.940. The number of ether oxygens (including phenoxy) is 1. The molecule has 1 N–H and O–H groups in total. The number of rotatable bonds is 5. The summed E-state index contributed by atoms with van der Waals surface area (Å²) in [4.78, 5) is 0. The second kappa shape index (κ2) is 7.26. The summed E-state index contributed by atoms with van der Waals surface area (Å²) in [6, 6.07) is 5.43. The van der Waals surface area contributed by atoms with Gasteiger partial charge in [-0.05, 0) is 48.8 Å². The molecule has 0 saturated heterocycles. The average Bonchev–Trinajstić information content (AvgIpc) is 2.34. The maximum Gasteiger partial charge on any atom is 0.127 e. The van der Waals surface area contributed by atoms with E-state index in [0.29, 0.717) is 30.2 Å². The molecule has 1 aromatic rings. The zero-order valence-corrected chi connectivity index (χ0v) is 13.7. The molecule has 0 spiro atoms. The molecular formula is C18H28FNO. The van der Waals surface area contributed by atoms with Gasteiger partial charge in [-0.15, -0.1) is 0 Å². The molecule has 1 aromatic carbocycles. The van der Waals surface area contributed by atoms with E-state index in [1.165, 1.54) is 12.5 Å². The van der Waals surface area contributed by atoms with Gasteiger partial charge >= 0.3 is 0 Å². The maximum absolute atomic E-state index is 13.8. The molecule has 0 radical (unpaired) electrons. The first-order chi connectivity index (χ1) is 9.92. The van der Waals surface area contributed by atoms with Gasteiger partial charge in [0.05, 0.1) is 6.10 Å². The van der Waals surface area contributed by atoms with Crippen LogP contribution in [0.4, 0.5) is 4.39 Å². The van der Waals surface area contributed by atoms with Crippen LogP contribution in [0, 0.1) is 17.7 Å². The van der Waals surface area contributed by atoms with Crippen molar-refractivity contribution in [1.82, 2.24) is 5.32 Å². The summed E-state index contributed by atoms with van der Waals surface area (Å²) < 4.78 is 19.8. The Hall–Kier alpha value is -1.09. The average molecular weight is 293 g/mol. The van der Waals surface area contributed by atoms with Gasteiger partial charge in [0.1, 0.15) is 11.6 Å². The third kappa shape index (κ3) is 5.31. The SMILES string of the molecule is CC1CC(C)CC(Oc2cc(F)cc(CNC(C)C)c2)C1. The Balaban J connectivity index is 2.02. The quantitative estimate of drug-likeness (QED) is 0.861. The predicted molar refractivity (Wildman–Crippen MR) is 85.0 cm³/mol.